The van der Waals surface area contributed by atoms with Gasteiger partial charge in [-0.15, -0.1) is 0 Å². The molecule has 21 heavy (non-hydrogen) atoms. The summed E-state index contributed by atoms with van der Waals surface area (Å²) in [6, 6.07) is 8.09. The van der Waals surface area contributed by atoms with Crippen molar-refractivity contribution in [3.63, 3.8) is 0 Å². The predicted molar refractivity (Wildman–Crippen MR) is 84.8 cm³/mol. The highest BCUT2D eigenvalue weighted by atomic mass is 16.2. The van der Waals surface area contributed by atoms with Crippen LogP contribution in [0.3, 0.4) is 0 Å². The summed E-state index contributed by atoms with van der Waals surface area (Å²) >= 11 is 0. The molecule has 1 aromatic rings. The maximum atomic E-state index is 12.0. The topological polar surface area (TPSA) is 58.2 Å². The van der Waals surface area contributed by atoms with Crippen molar-refractivity contribution in [3.8, 4) is 0 Å². The van der Waals surface area contributed by atoms with Crippen LogP contribution in [0, 0.1) is 12.3 Å². The lowest BCUT2D eigenvalue weighted by Gasteiger charge is -2.20. The van der Waals surface area contributed by atoms with Crippen LogP contribution in [0.2, 0.25) is 0 Å². The summed E-state index contributed by atoms with van der Waals surface area (Å²) in [5.41, 5.74) is 1.79. The van der Waals surface area contributed by atoms with Crippen molar-refractivity contribution in [3.05, 3.63) is 35.4 Å². The zero-order valence-electron chi connectivity index (χ0n) is 13.6. The van der Waals surface area contributed by atoms with Gasteiger partial charge in [0.15, 0.2) is 0 Å². The molecule has 0 spiro atoms. The van der Waals surface area contributed by atoms with Crippen molar-refractivity contribution in [2.45, 2.75) is 47.1 Å². The minimum atomic E-state index is -0.485. The molecule has 2 amide bonds. The molecule has 1 rings (SSSR count). The average Bonchev–Trinajstić information content (AvgIpc) is 2.42. The molecule has 4 nitrogen and oxygen atoms in total. The molecule has 0 bridgehead atoms. The molecule has 0 fully saturated rings. The lowest BCUT2D eigenvalue weighted by atomic mass is 9.96. The van der Waals surface area contributed by atoms with E-state index in [1.807, 2.05) is 58.9 Å². The van der Waals surface area contributed by atoms with Crippen LogP contribution in [0.1, 0.15) is 51.3 Å². The van der Waals surface area contributed by atoms with Gasteiger partial charge in [0.25, 0.3) is 0 Å². The van der Waals surface area contributed by atoms with Crippen LogP contribution in [0.5, 0.6) is 0 Å². The van der Waals surface area contributed by atoms with E-state index < -0.39 is 5.41 Å². The Morgan fingerprint density at radius 3 is 2.19 bits per heavy atom. The van der Waals surface area contributed by atoms with E-state index >= 15 is 0 Å². The fourth-order valence-electron chi connectivity index (χ4n) is 1.89. The van der Waals surface area contributed by atoms with E-state index in [-0.39, 0.29) is 24.4 Å². The van der Waals surface area contributed by atoms with Crippen molar-refractivity contribution < 1.29 is 9.59 Å². The molecule has 4 heteroatoms. The smallest absolute Gasteiger partial charge is 0.239 e. The van der Waals surface area contributed by atoms with Gasteiger partial charge in [-0.3, -0.25) is 9.59 Å². The van der Waals surface area contributed by atoms with Gasteiger partial charge in [-0.1, -0.05) is 57.5 Å². The molecule has 2 N–H and O–H groups in total. The number of benzene rings is 1. The first-order valence-electron chi connectivity index (χ1n) is 7.38. The predicted octanol–water partition coefficient (Wildman–Crippen LogP) is 2.72. The minimum Gasteiger partial charge on any atom is -0.348 e. The van der Waals surface area contributed by atoms with Crippen molar-refractivity contribution in [1.29, 1.82) is 0 Å². The number of nitrogens with one attached hydrogen (secondary N) is 2. The molecule has 0 radical (unpaired) electrons. The zero-order chi connectivity index (χ0) is 16.0. The summed E-state index contributed by atoms with van der Waals surface area (Å²) in [4.78, 5) is 23.7. The number of aryl methyl sites for hydroxylation is 1. The number of carbonyl (C=O) groups excluding carboxylic acids is 2. The third-order valence-corrected chi connectivity index (χ3v) is 3.31. The van der Waals surface area contributed by atoms with Gasteiger partial charge in [-0.05, 0) is 18.9 Å². The third kappa shape index (κ3) is 5.58. The van der Waals surface area contributed by atoms with Crippen LogP contribution in [-0.4, -0.2) is 18.4 Å². The molecule has 1 atom stereocenters. The van der Waals surface area contributed by atoms with Gasteiger partial charge in [-0.2, -0.15) is 0 Å². The molecule has 0 aliphatic heterocycles. The molecular formula is C17H26N2O2. The summed E-state index contributed by atoms with van der Waals surface area (Å²) in [7, 11) is 0. The Morgan fingerprint density at radius 1 is 1.14 bits per heavy atom. The molecule has 0 saturated carbocycles. The van der Waals surface area contributed by atoms with E-state index in [1.54, 1.807) is 0 Å². The first kappa shape index (κ1) is 17.2. The van der Waals surface area contributed by atoms with Crippen LogP contribution < -0.4 is 10.6 Å². The molecule has 1 unspecified atom stereocenters. The van der Waals surface area contributed by atoms with E-state index in [0.29, 0.717) is 0 Å². The zero-order valence-corrected chi connectivity index (χ0v) is 13.6. The highest BCUT2D eigenvalue weighted by molar-refractivity contribution is 5.87. The normalized spacial score (nSPS) is 12.6. The lowest BCUT2D eigenvalue weighted by molar-refractivity contribution is -0.131. The second kappa shape index (κ2) is 7.25. The van der Waals surface area contributed by atoms with Crippen LogP contribution in [0.15, 0.2) is 24.3 Å². The van der Waals surface area contributed by atoms with Gasteiger partial charge >= 0.3 is 0 Å². The Hall–Kier alpha value is -1.84. The maximum Gasteiger partial charge on any atom is 0.239 e. The van der Waals surface area contributed by atoms with Gasteiger partial charge in [0.1, 0.15) is 0 Å². The van der Waals surface area contributed by atoms with Gasteiger partial charge in [0.2, 0.25) is 11.8 Å². The second-order valence-corrected chi connectivity index (χ2v) is 6.37. The quantitative estimate of drug-likeness (QED) is 0.876. The van der Waals surface area contributed by atoms with Gasteiger partial charge in [-0.25, -0.2) is 0 Å². The maximum absolute atomic E-state index is 12.0. The van der Waals surface area contributed by atoms with E-state index in [2.05, 4.69) is 10.6 Å². The van der Waals surface area contributed by atoms with Gasteiger partial charge < -0.3 is 10.6 Å². The largest absolute Gasteiger partial charge is 0.348 e. The van der Waals surface area contributed by atoms with Gasteiger partial charge in [0.05, 0.1) is 12.6 Å². The van der Waals surface area contributed by atoms with E-state index in [9.17, 15) is 9.59 Å². The van der Waals surface area contributed by atoms with Crippen molar-refractivity contribution >= 4 is 11.8 Å². The first-order valence-corrected chi connectivity index (χ1v) is 7.38. The summed E-state index contributed by atoms with van der Waals surface area (Å²) < 4.78 is 0. The highest BCUT2D eigenvalue weighted by Gasteiger charge is 2.21. The number of carbonyl (C=O) groups is 2. The summed E-state index contributed by atoms with van der Waals surface area (Å²) in [5.74, 6) is -0.291. The molecule has 116 valence electrons. The first-order chi connectivity index (χ1) is 9.74. The standard InChI is InChI=1S/C17H26N2O2/c1-6-14(13-9-7-12(2)8-10-13)19-15(20)11-18-16(21)17(3,4)5/h7-10,14H,6,11H2,1-5H3,(H,18,21)(H,19,20). The average molecular weight is 290 g/mol. The molecule has 0 aliphatic carbocycles. The number of rotatable bonds is 5. The van der Waals surface area contributed by atoms with Crippen LogP contribution in [0.4, 0.5) is 0 Å². The minimum absolute atomic E-state index is 0.0124. The van der Waals surface area contributed by atoms with E-state index in [0.717, 1.165) is 12.0 Å². The molecule has 0 aromatic heterocycles. The molecule has 0 aliphatic rings. The van der Waals surface area contributed by atoms with Gasteiger partial charge in [0, 0.05) is 5.41 Å². The fourth-order valence-corrected chi connectivity index (χ4v) is 1.89. The van der Waals surface area contributed by atoms with E-state index in [4.69, 9.17) is 0 Å². The summed E-state index contributed by atoms with van der Waals surface area (Å²) in [6.45, 7) is 9.53. The monoisotopic (exact) mass is 290 g/mol. The van der Waals surface area contributed by atoms with Crippen LogP contribution in [-0.2, 0) is 9.59 Å². The number of hydrogen-bond donors (Lipinski definition) is 2. The Labute approximate surface area is 127 Å². The number of hydrogen-bond acceptors (Lipinski definition) is 2. The Bertz CT molecular complexity index is 487. The summed E-state index contributed by atoms with van der Waals surface area (Å²) in [5, 5.41) is 5.62. The SMILES string of the molecule is CCC(NC(=O)CNC(=O)C(C)(C)C)c1ccc(C)cc1. The number of amides is 2. The van der Waals surface area contributed by atoms with Crippen molar-refractivity contribution in [2.75, 3.05) is 6.54 Å². The fraction of sp³-hybridized carbons (Fsp3) is 0.529. The molecule has 0 heterocycles. The third-order valence-electron chi connectivity index (χ3n) is 3.31. The molecule has 0 saturated heterocycles. The van der Waals surface area contributed by atoms with Crippen LogP contribution >= 0.6 is 0 Å². The van der Waals surface area contributed by atoms with Crippen molar-refractivity contribution in [1.82, 2.24) is 10.6 Å². The Balaban J connectivity index is 2.56. The van der Waals surface area contributed by atoms with Crippen LogP contribution in [0.25, 0.3) is 0 Å². The van der Waals surface area contributed by atoms with E-state index in [1.165, 1.54) is 5.56 Å². The Kier molecular flexibility index (Phi) is 5.94. The second-order valence-electron chi connectivity index (χ2n) is 6.37. The highest BCUT2D eigenvalue weighted by Crippen LogP contribution is 2.17. The Morgan fingerprint density at radius 2 is 1.71 bits per heavy atom. The molecule has 1 aromatic carbocycles. The lowest BCUT2D eigenvalue weighted by Crippen LogP contribution is -2.42. The summed E-state index contributed by atoms with van der Waals surface area (Å²) in [6.07, 6.45) is 0.808. The molecular weight excluding hydrogens is 264 g/mol. The van der Waals surface area contributed by atoms with Crippen molar-refractivity contribution in [2.24, 2.45) is 5.41 Å².